The lowest BCUT2D eigenvalue weighted by atomic mass is 10.2. The third kappa shape index (κ3) is 0.843. The summed E-state index contributed by atoms with van der Waals surface area (Å²) in [4.78, 5) is 14.5. The lowest BCUT2D eigenvalue weighted by Gasteiger charge is -1.98. The monoisotopic (exact) mass is 150 g/mol. The summed E-state index contributed by atoms with van der Waals surface area (Å²) in [6, 6.07) is 0. The third-order valence-corrected chi connectivity index (χ3v) is 2.03. The Morgan fingerprint density at radius 2 is 2.36 bits per heavy atom. The molecule has 0 bridgehead atoms. The molecule has 58 valence electrons. The first-order valence-electron chi connectivity index (χ1n) is 3.74. The number of anilines is 1. The van der Waals surface area contributed by atoms with Gasteiger partial charge in [0.05, 0.1) is 0 Å². The van der Waals surface area contributed by atoms with E-state index in [0.717, 1.165) is 29.9 Å². The van der Waals surface area contributed by atoms with Gasteiger partial charge in [0.25, 0.3) is 0 Å². The summed E-state index contributed by atoms with van der Waals surface area (Å²) in [5.41, 5.74) is 2.72. The zero-order chi connectivity index (χ0) is 7.84. The number of nitrogens with one attached hydrogen (secondary N) is 2. The average molecular weight is 150 g/mol. The van der Waals surface area contributed by atoms with Crippen LogP contribution >= 0.6 is 0 Å². The van der Waals surface area contributed by atoms with Gasteiger partial charge in [-0.3, -0.25) is 4.79 Å². The van der Waals surface area contributed by atoms with Crippen LogP contribution in [0.2, 0.25) is 0 Å². The molecule has 0 saturated heterocycles. The molecular weight excluding hydrogens is 140 g/mol. The second-order valence-electron chi connectivity index (χ2n) is 2.83. The van der Waals surface area contributed by atoms with Gasteiger partial charge in [0, 0.05) is 30.4 Å². The Balaban J connectivity index is 2.72. The maximum Gasteiger partial charge on any atom is 0.207 e. The second kappa shape index (κ2) is 2.12. The van der Waals surface area contributed by atoms with Gasteiger partial charge in [0.2, 0.25) is 5.43 Å². The fourth-order valence-electron chi connectivity index (χ4n) is 1.36. The van der Waals surface area contributed by atoms with Gasteiger partial charge in [-0.25, -0.2) is 0 Å². The van der Waals surface area contributed by atoms with E-state index in [1.165, 1.54) is 0 Å². The molecule has 3 nitrogen and oxygen atoms in total. The number of aromatic nitrogens is 1. The van der Waals surface area contributed by atoms with E-state index in [4.69, 9.17) is 0 Å². The highest BCUT2D eigenvalue weighted by Crippen LogP contribution is 2.14. The fourth-order valence-corrected chi connectivity index (χ4v) is 1.36. The first-order chi connectivity index (χ1) is 5.29. The van der Waals surface area contributed by atoms with E-state index in [0.29, 0.717) is 0 Å². The van der Waals surface area contributed by atoms with Gasteiger partial charge in [-0.15, -0.1) is 0 Å². The van der Waals surface area contributed by atoms with Crippen LogP contribution in [0.15, 0.2) is 11.0 Å². The summed E-state index contributed by atoms with van der Waals surface area (Å²) >= 11 is 0. The van der Waals surface area contributed by atoms with Crippen LogP contribution in [0.3, 0.4) is 0 Å². The van der Waals surface area contributed by atoms with Crippen LogP contribution in [-0.4, -0.2) is 11.5 Å². The highest BCUT2D eigenvalue weighted by Gasteiger charge is 2.13. The number of fused-ring (bicyclic) bond motifs is 1. The Labute approximate surface area is 64.5 Å². The number of aromatic amines is 1. The van der Waals surface area contributed by atoms with E-state index >= 15 is 0 Å². The molecule has 1 aliphatic heterocycles. The van der Waals surface area contributed by atoms with Crippen LogP contribution in [0.5, 0.6) is 0 Å². The average Bonchev–Trinajstić information content (AvgIpc) is 2.45. The number of rotatable bonds is 0. The first-order valence-corrected chi connectivity index (χ1v) is 3.74. The van der Waals surface area contributed by atoms with Gasteiger partial charge in [0.15, 0.2) is 0 Å². The van der Waals surface area contributed by atoms with Crippen molar-refractivity contribution < 1.29 is 0 Å². The summed E-state index contributed by atoms with van der Waals surface area (Å²) in [5.74, 6) is 0. The lowest BCUT2D eigenvalue weighted by molar-refractivity contribution is 1.04. The van der Waals surface area contributed by atoms with Gasteiger partial charge in [-0.1, -0.05) is 0 Å². The van der Waals surface area contributed by atoms with Crippen molar-refractivity contribution in [1.82, 2.24) is 4.98 Å². The molecule has 0 spiro atoms. The molecule has 0 aromatic carbocycles. The van der Waals surface area contributed by atoms with E-state index in [9.17, 15) is 4.79 Å². The summed E-state index contributed by atoms with van der Waals surface area (Å²) < 4.78 is 0. The third-order valence-electron chi connectivity index (χ3n) is 2.03. The Morgan fingerprint density at radius 1 is 1.55 bits per heavy atom. The Bertz CT molecular complexity index is 340. The van der Waals surface area contributed by atoms with Crippen molar-refractivity contribution in [2.75, 3.05) is 11.9 Å². The zero-order valence-electron chi connectivity index (χ0n) is 6.40. The van der Waals surface area contributed by atoms with Crippen LogP contribution in [-0.2, 0) is 6.42 Å². The molecule has 0 aliphatic carbocycles. The van der Waals surface area contributed by atoms with Crippen molar-refractivity contribution in [2.24, 2.45) is 0 Å². The van der Waals surface area contributed by atoms with Crippen LogP contribution in [0.1, 0.15) is 11.3 Å². The van der Waals surface area contributed by atoms with E-state index < -0.39 is 0 Å². The van der Waals surface area contributed by atoms with Gasteiger partial charge in [-0.05, 0) is 6.92 Å². The zero-order valence-corrected chi connectivity index (χ0v) is 6.40. The number of H-pyrrole nitrogens is 1. The SMILES string of the molecule is Cc1c[nH]c2c(c1=O)NCC2. The highest BCUT2D eigenvalue weighted by molar-refractivity contribution is 5.53. The maximum atomic E-state index is 11.4. The second-order valence-corrected chi connectivity index (χ2v) is 2.83. The standard InChI is InChI=1S/C8H10N2O/c1-5-4-10-6-2-3-9-7(6)8(5)11/h4,9H,2-3H2,1H3,(H,10,11). The van der Waals surface area contributed by atoms with E-state index in [2.05, 4.69) is 10.3 Å². The van der Waals surface area contributed by atoms with Crippen molar-refractivity contribution in [1.29, 1.82) is 0 Å². The minimum atomic E-state index is 0.135. The van der Waals surface area contributed by atoms with Crippen LogP contribution in [0.4, 0.5) is 5.69 Å². The van der Waals surface area contributed by atoms with Crippen molar-refractivity contribution in [3.63, 3.8) is 0 Å². The summed E-state index contributed by atoms with van der Waals surface area (Å²) in [6.07, 6.45) is 2.71. The quantitative estimate of drug-likeness (QED) is 0.570. The Hall–Kier alpha value is -1.25. The normalized spacial score (nSPS) is 14.3. The molecule has 2 heterocycles. The molecule has 1 aromatic heterocycles. The predicted molar refractivity (Wildman–Crippen MR) is 44.0 cm³/mol. The topological polar surface area (TPSA) is 44.9 Å². The molecule has 2 rings (SSSR count). The molecule has 0 atom stereocenters. The van der Waals surface area contributed by atoms with Gasteiger partial charge >= 0.3 is 0 Å². The summed E-state index contributed by atoms with van der Waals surface area (Å²) in [7, 11) is 0. The molecule has 0 radical (unpaired) electrons. The molecule has 2 N–H and O–H groups in total. The largest absolute Gasteiger partial charge is 0.380 e. The maximum absolute atomic E-state index is 11.4. The van der Waals surface area contributed by atoms with Crippen molar-refractivity contribution in [3.8, 4) is 0 Å². The molecule has 0 saturated carbocycles. The van der Waals surface area contributed by atoms with Crippen LogP contribution in [0.25, 0.3) is 0 Å². The van der Waals surface area contributed by atoms with E-state index in [1.807, 2.05) is 6.92 Å². The first kappa shape index (κ1) is 6.46. The van der Waals surface area contributed by atoms with E-state index in [1.54, 1.807) is 6.20 Å². The molecule has 3 heteroatoms. The van der Waals surface area contributed by atoms with Gasteiger partial charge in [0.1, 0.15) is 5.69 Å². The van der Waals surface area contributed by atoms with Crippen molar-refractivity contribution in [3.05, 3.63) is 27.7 Å². The number of pyridine rings is 1. The Morgan fingerprint density at radius 3 is 3.18 bits per heavy atom. The van der Waals surface area contributed by atoms with Gasteiger partial charge < -0.3 is 10.3 Å². The summed E-state index contributed by atoms with van der Waals surface area (Å²) in [5, 5.41) is 3.07. The predicted octanol–water partition coefficient (Wildman–Crippen LogP) is 0.651. The molecule has 0 fully saturated rings. The minimum absolute atomic E-state index is 0.135. The summed E-state index contributed by atoms with van der Waals surface area (Å²) in [6.45, 7) is 2.70. The lowest BCUT2D eigenvalue weighted by Crippen LogP contribution is -2.10. The van der Waals surface area contributed by atoms with Crippen LogP contribution in [0, 0.1) is 6.92 Å². The molecule has 0 unspecified atom stereocenters. The smallest absolute Gasteiger partial charge is 0.207 e. The fraction of sp³-hybridized carbons (Fsp3) is 0.375. The minimum Gasteiger partial charge on any atom is -0.380 e. The van der Waals surface area contributed by atoms with Crippen molar-refractivity contribution >= 4 is 5.69 Å². The van der Waals surface area contributed by atoms with Crippen LogP contribution < -0.4 is 10.7 Å². The van der Waals surface area contributed by atoms with Crippen molar-refractivity contribution in [2.45, 2.75) is 13.3 Å². The Kier molecular flexibility index (Phi) is 1.24. The van der Waals surface area contributed by atoms with E-state index in [-0.39, 0.29) is 5.43 Å². The number of hydrogen-bond donors (Lipinski definition) is 2. The molecular formula is C8H10N2O. The number of hydrogen-bond acceptors (Lipinski definition) is 2. The molecule has 1 aromatic rings. The highest BCUT2D eigenvalue weighted by atomic mass is 16.1. The molecule has 11 heavy (non-hydrogen) atoms. The molecule has 0 amide bonds. The number of aryl methyl sites for hydroxylation is 1. The molecule has 1 aliphatic rings. The van der Waals surface area contributed by atoms with Gasteiger partial charge in [-0.2, -0.15) is 0 Å².